The van der Waals surface area contributed by atoms with Gasteiger partial charge in [-0.05, 0) is 36.1 Å². The monoisotopic (exact) mass is 462 g/mol. The van der Waals surface area contributed by atoms with Crippen molar-refractivity contribution in [1.29, 1.82) is 0 Å². The van der Waals surface area contributed by atoms with Crippen molar-refractivity contribution in [2.45, 2.75) is 32.9 Å². The van der Waals surface area contributed by atoms with Crippen molar-refractivity contribution in [1.82, 2.24) is 9.90 Å². The van der Waals surface area contributed by atoms with Gasteiger partial charge in [-0.15, -0.1) is 0 Å². The second kappa shape index (κ2) is 9.22. The van der Waals surface area contributed by atoms with Crippen LogP contribution in [0.3, 0.4) is 0 Å². The van der Waals surface area contributed by atoms with Crippen LogP contribution in [0.25, 0.3) is 16.7 Å². The molecule has 1 fully saturated rings. The Hall–Kier alpha value is -2.80. The van der Waals surface area contributed by atoms with Gasteiger partial charge < -0.3 is 19.5 Å². The third-order valence-electron chi connectivity index (χ3n) is 6.39. The van der Waals surface area contributed by atoms with Crippen molar-refractivity contribution in [3.8, 4) is 11.1 Å². The lowest BCUT2D eigenvalue weighted by atomic mass is 9.77. The Balaban J connectivity index is 1.70. The number of nitrogens with zero attached hydrogens (tertiary/aromatic N) is 1. The summed E-state index contributed by atoms with van der Waals surface area (Å²) in [4.78, 5) is 40.9. The normalized spacial score (nSPS) is 23.0. The van der Waals surface area contributed by atoms with E-state index >= 15 is 0 Å². The van der Waals surface area contributed by atoms with Crippen LogP contribution >= 0.6 is 8.96 Å². The molecule has 0 bridgehead atoms. The highest BCUT2D eigenvalue weighted by Crippen LogP contribution is 2.51. The number of nitrogens with one attached hydrogen (secondary N) is 1. The fourth-order valence-corrected chi connectivity index (χ4v) is 5.05. The Morgan fingerprint density at radius 2 is 1.64 bits per heavy atom. The molecule has 2 aliphatic heterocycles. The molecule has 33 heavy (non-hydrogen) atoms. The Bertz CT molecular complexity index is 1130. The predicted octanol–water partition coefficient (Wildman–Crippen LogP) is 2.85. The van der Waals surface area contributed by atoms with E-state index in [1.807, 2.05) is 43.3 Å². The molecule has 2 aromatic carbocycles. The van der Waals surface area contributed by atoms with Crippen molar-refractivity contribution in [3.63, 3.8) is 0 Å². The number of ketones is 1. The van der Waals surface area contributed by atoms with Gasteiger partial charge in [0.15, 0.2) is 13.8 Å². The summed E-state index contributed by atoms with van der Waals surface area (Å²) in [6.45, 7) is 5.07. The lowest BCUT2D eigenvalue weighted by Crippen LogP contribution is -2.63. The van der Waals surface area contributed by atoms with Crippen LogP contribution < -0.4 is 5.00 Å². The maximum atomic E-state index is 12.9. The van der Waals surface area contributed by atoms with Gasteiger partial charge in [-0.2, -0.15) is 0 Å². The van der Waals surface area contributed by atoms with Gasteiger partial charge in [0, 0.05) is 11.5 Å². The molecule has 2 N–H and O–H groups in total. The number of β-lactam (4-membered cyclic amide) rings is 1. The van der Waals surface area contributed by atoms with Gasteiger partial charge in [0.1, 0.15) is 14.7 Å². The van der Waals surface area contributed by atoms with Crippen LogP contribution in [0, 0.1) is 11.8 Å². The van der Waals surface area contributed by atoms with E-state index in [9.17, 15) is 19.5 Å². The van der Waals surface area contributed by atoms with Crippen LogP contribution in [0.2, 0.25) is 0 Å². The Morgan fingerprint density at radius 3 is 2.15 bits per heavy atom. The number of benzene rings is 2. The number of rotatable bonds is 7. The Kier molecular flexibility index (Phi) is 6.53. The van der Waals surface area contributed by atoms with Gasteiger partial charge >= 0.3 is 5.97 Å². The maximum absolute atomic E-state index is 12.9. The third-order valence-corrected chi connectivity index (χ3v) is 6.79. The number of amides is 1. The van der Waals surface area contributed by atoms with E-state index in [4.69, 9.17) is 12.5 Å². The molecule has 9 heteroatoms. The first kappa shape index (κ1) is 23.4. The zero-order valence-electron chi connectivity index (χ0n) is 18.5. The van der Waals surface area contributed by atoms with Gasteiger partial charge in [-0.25, -0.2) is 4.79 Å². The van der Waals surface area contributed by atoms with Crippen molar-refractivity contribution >= 4 is 40.2 Å². The van der Waals surface area contributed by atoms with E-state index in [0.717, 1.165) is 16.7 Å². The fraction of sp³-hybridized carbons (Fsp3) is 0.292. The summed E-state index contributed by atoms with van der Waals surface area (Å²) in [6.07, 6.45) is -0.814. The lowest BCUT2D eigenvalue weighted by Gasteiger charge is -2.46. The largest absolute Gasteiger partial charge is 0.428 e. The smallest absolute Gasteiger partial charge is 0.359 e. The summed E-state index contributed by atoms with van der Waals surface area (Å²) in [7, 11) is 4.81. The summed E-state index contributed by atoms with van der Waals surface area (Å²) < 4.78 is 5.21. The summed E-state index contributed by atoms with van der Waals surface area (Å²) >= 11 is 0. The second-order valence-corrected chi connectivity index (χ2v) is 9.06. The molecule has 1 saturated heterocycles. The first-order valence-corrected chi connectivity index (χ1v) is 11.6. The molecule has 0 spiro atoms. The minimum absolute atomic E-state index is 0.0126. The molecule has 0 aromatic heterocycles. The lowest BCUT2D eigenvalue weighted by molar-refractivity contribution is -0.162. The summed E-state index contributed by atoms with van der Waals surface area (Å²) in [6, 6.07) is 14.8. The first-order valence-electron chi connectivity index (χ1n) is 10.6. The fourth-order valence-electron chi connectivity index (χ4n) is 4.81. The zero-order chi connectivity index (χ0) is 23.9. The zero-order valence-corrected chi connectivity index (χ0v) is 19.5. The molecule has 2 aromatic rings. The average Bonchev–Trinajstić information content (AvgIpc) is 3.05. The molecule has 2 aliphatic rings. The summed E-state index contributed by atoms with van der Waals surface area (Å²) in [5, 5.41) is 10.1. The van der Waals surface area contributed by atoms with Crippen LogP contribution in [0.15, 0.2) is 54.2 Å². The molecule has 2 radical (unpaired) electrons. The quantitative estimate of drug-likeness (QED) is 0.285. The van der Waals surface area contributed by atoms with Crippen molar-refractivity contribution in [3.05, 3.63) is 65.4 Å². The average molecular weight is 462 g/mol. The third kappa shape index (κ3) is 4.03. The Labute approximate surface area is 195 Å². The minimum Gasteiger partial charge on any atom is -0.428 e. The number of hydrogen-bond donors (Lipinski definition) is 2. The topological polar surface area (TPSA) is 95.9 Å². The van der Waals surface area contributed by atoms with E-state index in [0.29, 0.717) is 11.1 Å². The molecule has 0 aliphatic carbocycles. The molecule has 2 heterocycles. The van der Waals surface area contributed by atoms with Crippen molar-refractivity contribution < 1.29 is 24.0 Å². The Morgan fingerprint density at radius 1 is 1.09 bits per heavy atom. The predicted molar refractivity (Wildman–Crippen MR) is 127 cm³/mol. The van der Waals surface area contributed by atoms with Gasteiger partial charge in [0.05, 0.1) is 18.1 Å². The number of aliphatic hydroxyl groups excluding tert-OH is 1. The highest BCUT2D eigenvalue weighted by atomic mass is 31.1. The number of fused-ring (bicyclic) bond motifs is 1. The number of carbonyl (C=O) groups excluding carboxylic acids is 3. The van der Waals surface area contributed by atoms with Gasteiger partial charge in [0.2, 0.25) is 5.91 Å². The van der Waals surface area contributed by atoms with Crippen LogP contribution in [0.1, 0.15) is 36.7 Å². The number of carbonyl (C=O) groups is 3. The van der Waals surface area contributed by atoms with Crippen LogP contribution in [0.5, 0.6) is 0 Å². The molecule has 0 saturated carbocycles. The summed E-state index contributed by atoms with van der Waals surface area (Å²) in [5.41, 5.74) is 4.28. The van der Waals surface area contributed by atoms with E-state index in [-0.39, 0.29) is 29.3 Å². The van der Waals surface area contributed by atoms with Crippen molar-refractivity contribution in [2.75, 3.05) is 0 Å². The highest BCUT2D eigenvalue weighted by Gasteiger charge is 2.60. The second-order valence-electron chi connectivity index (χ2n) is 8.36. The summed E-state index contributed by atoms with van der Waals surface area (Å²) in [5.74, 6) is -1.63. The molecule has 4 rings (SSSR count). The van der Waals surface area contributed by atoms with E-state index < -0.39 is 26.9 Å². The minimum atomic E-state index is -0.814. The molecule has 1 amide bonds. The van der Waals surface area contributed by atoms with E-state index in [1.54, 1.807) is 19.1 Å². The highest BCUT2D eigenvalue weighted by molar-refractivity contribution is 7.32. The molecular weight excluding hydrogens is 438 g/mol. The van der Waals surface area contributed by atoms with Crippen LogP contribution in [-0.2, 0) is 14.1 Å². The molecule has 1 unspecified atom stereocenters. The SMILES string of the molecule is [B]NPOC(=O)C1=C(c2ccc(-c3ccc(C(C)=O)cc3)cc2)[C@H](C)[C@@H]2[C@@H]([C@@H](C)O)C(=O)N12. The number of Topliss-reactive ketones (excluding diaryl/α,β-unsaturated/α-hetero) is 1. The molecule has 7 nitrogen and oxygen atoms in total. The molecule has 5 atom stereocenters. The van der Waals surface area contributed by atoms with Crippen molar-refractivity contribution in [2.24, 2.45) is 11.8 Å². The molecular formula is C24H24BN2O5P. The van der Waals surface area contributed by atoms with Gasteiger partial charge in [0.25, 0.3) is 0 Å². The van der Waals surface area contributed by atoms with Crippen LogP contribution in [-0.4, -0.2) is 47.8 Å². The van der Waals surface area contributed by atoms with Gasteiger partial charge in [-0.1, -0.05) is 55.5 Å². The first-order chi connectivity index (χ1) is 15.8. The number of hydrogen-bond acceptors (Lipinski definition) is 6. The van der Waals surface area contributed by atoms with E-state index in [1.165, 1.54) is 11.8 Å². The maximum Gasteiger partial charge on any atom is 0.359 e. The van der Waals surface area contributed by atoms with Gasteiger partial charge in [-0.3, -0.25) is 9.59 Å². The van der Waals surface area contributed by atoms with E-state index in [2.05, 4.69) is 5.00 Å². The standard InChI is InChI=1S/C24H24BN2O5P/c1-12-19(18-10-8-17(9-11-18)16-6-4-15(5-7-16)13(2)28)22(24(31)32-33-26-25)27-21(12)20(14(3)29)23(27)30/h4-12,14,20-21,26,29,33H,1-3H3/t12-,14+,20+,21+/m0/s1. The molecule has 168 valence electrons. The van der Waals surface area contributed by atoms with Crippen LogP contribution in [0.4, 0.5) is 0 Å². The number of aliphatic hydroxyl groups is 1.